The van der Waals surface area contributed by atoms with E-state index in [-0.39, 0.29) is 41.2 Å². The van der Waals surface area contributed by atoms with Crippen molar-refractivity contribution in [3.8, 4) is 5.69 Å². The highest BCUT2D eigenvalue weighted by atomic mass is 35.5. The second-order valence-electron chi connectivity index (χ2n) is 7.99. The molecule has 1 N–H and O–H groups in total. The van der Waals surface area contributed by atoms with Gasteiger partial charge in [0.2, 0.25) is 0 Å². The third-order valence-electron chi connectivity index (χ3n) is 5.91. The molecule has 3 heterocycles. The quantitative estimate of drug-likeness (QED) is 0.455. The Morgan fingerprint density at radius 1 is 1.36 bits per heavy atom. The van der Waals surface area contributed by atoms with Crippen molar-refractivity contribution < 1.29 is 14.3 Å². The van der Waals surface area contributed by atoms with Crippen molar-refractivity contribution in [2.45, 2.75) is 39.8 Å². The highest BCUT2D eigenvalue weighted by Gasteiger charge is 2.36. The Bertz CT molecular complexity index is 1330. The number of carbonyl (C=O) groups excluding carboxylic acids is 1. The van der Waals surface area contributed by atoms with Crippen molar-refractivity contribution in [3.63, 3.8) is 0 Å². The summed E-state index contributed by atoms with van der Waals surface area (Å²) >= 11 is 6.31. The van der Waals surface area contributed by atoms with Crippen LogP contribution in [0.15, 0.2) is 41.3 Å². The highest BCUT2D eigenvalue weighted by Crippen LogP contribution is 2.39. The third-order valence-corrected chi connectivity index (χ3v) is 6.18. The maximum atomic E-state index is 15.3. The normalized spacial score (nSPS) is 15.6. The Kier molecular flexibility index (Phi) is 5.94. The van der Waals surface area contributed by atoms with E-state index in [0.29, 0.717) is 11.3 Å². The molecular weight excluding hydrogens is 449 g/mol. The number of hydrogen-bond donors (Lipinski definition) is 1. The number of anilines is 1. The van der Waals surface area contributed by atoms with E-state index in [1.807, 2.05) is 13.8 Å². The van der Waals surface area contributed by atoms with Crippen LogP contribution in [0.1, 0.15) is 47.1 Å². The first kappa shape index (κ1) is 22.9. The van der Waals surface area contributed by atoms with E-state index in [1.165, 1.54) is 15.5 Å². The third kappa shape index (κ3) is 3.67. The van der Waals surface area contributed by atoms with Gasteiger partial charge in [0.15, 0.2) is 11.0 Å². The molecule has 1 unspecified atom stereocenters. The van der Waals surface area contributed by atoms with Crippen molar-refractivity contribution in [2.75, 3.05) is 11.4 Å². The van der Waals surface area contributed by atoms with Crippen molar-refractivity contribution in [1.82, 2.24) is 19.3 Å². The van der Waals surface area contributed by atoms with Gasteiger partial charge in [0.05, 0.1) is 5.69 Å². The van der Waals surface area contributed by atoms with Crippen molar-refractivity contribution in [3.05, 3.63) is 80.5 Å². The Balaban J connectivity index is 1.91. The fourth-order valence-electron chi connectivity index (χ4n) is 4.21. The largest absolute Gasteiger partial charge is 0.388 e. The first-order valence-corrected chi connectivity index (χ1v) is 10.8. The van der Waals surface area contributed by atoms with Crippen molar-refractivity contribution in [1.29, 1.82) is 0 Å². The van der Waals surface area contributed by atoms with Gasteiger partial charge in [-0.3, -0.25) is 9.36 Å². The minimum absolute atomic E-state index is 0.0938. The summed E-state index contributed by atoms with van der Waals surface area (Å²) in [5.41, 5.74) is 2.01. The number of halogens is 2. The van der Waals surface area contributed by atoms with Crippen LogP contribution in [0, 0.1) is 12.7 Å². The van der Waals surface area contributed by atoms with Crippen LogP contribution in [0.3, 0.4) is 0 Å². The first-order chi connectivity index (χ1) is 15.7. The van der Waals surface area contributed by atoms with Gasteiger partial charge in [-0.05, 0) is 50.1 Å². The zero-order valence-electron chi connectivity index (χ0n) is 18.5. The van der Waals surface area contributed by atoms with E-state index < -0.39 is 24.0 Å². The number of carbonyl (C=O) groups is 1. The second kappa shape index (κ2) is 8.57. The van der Waals surface area contributed by atoms with Crippen LogP contribution in [0.4, 0.5) is 10.1 Å². The summed E-state index contributed by atoms with van der Waals surface area (Å²) in [4.78, 5) is 31.8. The van der Waals surface area contributed by atoms with Gasteiger partial charge in [-0.2, -0.15) is 4.68 Å². The van der Waals surface area contributed by atoms with Gasteiger partial charge in [-0.25, -0.2) is 14.2 Å². The average molecular weight is 472 g/mol. The molecule has 0 radical (unpaired) electrons. The Morgan fingerprint density at radius 3 is 2.67 bits per heavy atom. The molecule has 2 aromatic heterocycles. The molecule has 0 aliphatic carbocycles. The zero-order chi connectivity index (χ0) is 24.0. The van der Waals surface area contributed by atoms with E-state index in [4.69, 9.17) is 11.6 Å². The summed E-state index contributed by atoms with van der Waals surface area (Å²) in [6.45, 7) is 9.48. The van der Waals surface area contributed by atoms with Gasteiger partial charge < -0.3 is 10.0 Å². The molecular formula is C23H23ClFN5O3. The summed E-state index contributed by atoms with van der Waals surface area (Å²) in [5, 5.41) is 13.8. The molecule has 33 heavy (non-hydrogen) atoms. The lowest BCUT2D eigenvalue weighted by Crippen LogP contribution is -2.41. The summed E-state index contributed by atoms with van der Waals surface area (Å²) in [5.74, 6) is -1.42. The monoisotopic (exact) mass is 471 g/mol. The van der Waals surface area contributed by atoms with Gasteiger partial charge in [0.25, 0.3) is 5.91 Å². The molecule has 1 aliphatic heterocycles. The summed E-state index contributed by atoms with van der Waals surface area (Å²) in [7, 11) is 0. The predicted octanol–water partition coefficient (Wildman–Crippen LogP) is 3.36. The number of aryl methyl sites for hydroxylation is 1. The molecule has 0 saturated heterocycles. The molecule has 0 bridgehead atoms. The lowest BCUT2D eigenvalue weighted by atomic mass is 9.84. The number of rotatable bonds is 5. The molecule has 4 rings (SSSR count). The minimum atomic E-state index is -0.786. The van der Waals surface area contributed by atoms with Gasteiger partial charge in [-0.15, -0.1) is 5.10 Å². The molecule has 172 valence electrons. The molecule has 0 spiro atoms. The molecule has 1 amide bonds. The van der Waals surface area contributed by atoms with Crippen molar-refractivity contribution in [2.24, 2.45) is 0 Å². The number of aliphatic hydroxyl groups is 1. The molecule has 1 aliphatic rings. The molecule has 0 saturated carbocycles. The number of pyridine rings is 1. The maximum absolute atomic E-state index is 15.3. The highest BCUT2D eigenvalue weighted by molar-refractivity contribution is 6.33. The SMILES string of the molecule is C=C(C)C1CN(c2c(C)ccnc2Cl)C(=O)c2cc(F)c(-n3nc(CO)n(CC)c3=O)cc21. The van der Waals surface area contributed by atoms with Crippen LogP contribution in [0.2, 0.25) is 5.15 Å². The maximum Gasteiger partial charge on any atom is 0.350 e. The first-order valence-electron chi connectivity index (χ1n) is 10.4. The average Bonchev–Trinajstić information content (AvgIpc) is 3.10. The van der Waals surface area contributed by atoms with E-state index in [9.17, 15) is 14.7 Å². The summed E-state index contributed by atoms with van der Waals surface area (Å²) in [6.07, 6.45) is 1.56. The number of aliphatic hydroxyl groups excluding tert-OH is 1. The molecule has 1 aromatic carbocycles. The smallest absolute Gasteiger partial charge is 0.350 e. The van der Waals surface area contributed by atoms with Gasteiger partial charge in [0, 0.05) is 30.8 Å². The van der Waals surface area contributed by atoms with Crippen LogP contribution < -0.4 is 10.6 Å². The molecule has 3 aromatic rings. The number of aromatic nitrogens is 4. The van der Waals surface area contributed by atoms with E-state index in [2.05, 4.69) is 16.7 Å². The topological polar surface area (TPSA) is 93.2 Å². The van der Waals surface area contributed by atoms with E-state index in [0.717, 1.165) is 21.9 Å². The van der Waals surface area contributed by atoms with Crippen LogP contribution in [0.25, 0.3) is 5.69 Å². The fourth-order valence-corrected chi connectivity index (χ4v) is 4.51. The molecule has 8 nitrogen and oxygen atoms in total. The zero-order valence-corrected chi connectivity index (χ0v) is 19.2. The number of benzene rings is 1. The fraction of sp³-hybridized carbons (Fsp3) is 0.304. The van der Waals surface area contributed by atoms with E-state index in [1.54, 1.807) is 19.2 Å². The van der Waals surface area contributed by atoms with Crippen LogP contribution in [-0.2, 0) is 13.2 Å². The standard InChI is InChI=1S/C23H23ClFN5O3/c1-5-28-19(11-31)27-30(23(28)33)18-9-14-15(8-17(18)25)22(32)29(10-16(14)12(2)3)20-13(4)6-7-26-21(20)24/h6-9,16,31H,2,5,10-11H2,1,3-4H3. The van der Waals surface area contributed by atoms with Crippen LogP contribution in [0.5, 0.6) is 0 Å². The molecule has 1 atom stereocenters. The van der Waals surface area contributed by atoms with Crippen molar-refractivity contribution >= 4 is 23.2 Å². The Morgan fingerprint density at radius 2 is 2.09 bits per heavy atom. The van der Waals surface area contributed by atoms with Gasteiger partial charge >= 0.3 is 5.69 Å². The predicted molar refractivity (Wildman–Crippen MR) is 123 cm³/mol. The lowest BCUT2D eigenvalue weighted by molar-refractivity contribution is 0.0977. The summed E-state index contributed by atoms with van der Waals surface area (Å²) < 4.78 is 17.5. The second-order valence-corrected chi connectivity index (χ2v) is 8.34. The van der Waals surface area contributed by atoms with Crippen LogP contribution in [-0.4, -0.2) is 36.9 Å². The van der Waals surface area contributed by atoms with E-state index >= 15 is 4.39 Å². The minimum Gasteiger partial charge on any atom is -0.388 e. The van der Waals surface area contributed by atoms with Gasteiger partial charge in [0.1, 0.15) is 18.1 Å². The molecule has 10 heteroatoms. The summed E-state index contributed by atoms with van der Waals surface area (Å²) in [6, 6.07) is 4.33. The van der Waals surface area contributed by atoms with Crippen LogP contribution >= 0.6 is 11.6 Å². The lowest BCUT2D eigenvalue weighted by Gasteiger charge is -2.36. The number of fused-ring (bicyclic) bond motifs is 1. The number of amides is 1. The number of nitrogens with zero attached hydrogens (tertiary/aromatic N) is 5. The Labute approximate surface area is 194 Å². The Hall–Kier alpha value is -3.30. The van der Waals surface area contributed by atoms with Gasteiger partial charge in [-0.1, -0.05) is 23.8 Å². The number of hydrogen-bond acceptors (Lipinski definition) is 5. The molecule has 0 fully saturated rings.